The Morgan fingerprint density at radius 3 is 2.12 bits per heavy atom. The maximum atomic E-state index is 12.1. The molecule has 1 fully saturated rings. The van der Waals surface area contributed by atoms with Crippen molar-refractivity contribution in [1.29, 1.82) is 0 Å². The van der Waals surface area contributed by atoms with Crippen molar-refractivity contribution >= 4 is 26.2 Å². The van der Waals surface area contributed by atoms with E-state index in [0.717, 1.165) is 6.04 Å². The Labute approximate surface area is 156 Å². The van der Waals surface area contributed by atoms with Gasteiger partial charge in [-0.3, -0.25) is 0 Å². The van der Waals surface area contributed by atoms with E-state index in [1.807, 2.05) is 0 Å². The van der Waals surface area contributed by atoms with Crippen LogP contribution in [0.25, 0.3) is 0 Å². The quantitative estimate of drug-likeness (QED) is 0.702. The molecule has 26 heavy (non-hydrogen) atoms. The number of alkyl carbamates (subject to hydrolysis) is 1. The number of hydrogen-bond acceptors (Lipinski definition) is 5. The number of likely N-dealkylation sites (tertiary alicyclic amines) is 1. The summed E-state index contributed by atoms with van der Waals surface area (Å²) in [7, 11) is -1.28. The first-order chi connectivity index (χ1) is 11.7. The van der Waals surface area contributed by atoms with Gasteiger partial charge < -0.3 is 24.8 Å². The number of carboxylic acids is 1. The first-order valence-corrected chi connectivity index (χ1v) is 12.6. The fraction of sp³-hybridized carbons (Fsp3) is 0.824. The SMILES string of the molecule is CC(C)(C)OC(=O)NC1(C(=O)O)CCN(C(=O)OCC[Si](C)(C)C)CC1. The van der Waals surface area contributed by atoms with Crippen LogP contribution in [0.2, 0.25) is 25.7 Å². The number of carbonyl (C=O) groups is 3. The molecule has 0 aromatic rings. The third-order valence-electron chi connectivity index (χ3n) is 4.10. The second-order valence-corrected chi connectivity index (χ2v) is 14.5. The molecule has 1 saturated heterocycles. The second kappa shape index (κ2) is 8.28. The minimum Gasteiger partial charge on any atom is -0.480 e. The van der Waals surface area contributed by atoms with Crippen molar-refractivity contribution in [2.75, 3.05) is 19.7 Å². The van der Waals surface area contributed by atoms with Crippen LogP contribution in [-0.2, 0) is 14.3 Å². The summed E-state index contributed by atoms with van der Waals surface area (Å²) in [5.74, 6) is -1.13. The molecule has 0 aliphatic carbocycles. The molecule has 150 valence electrons. The minimum absolute atomic E-state index is 0.102. The molecule has 0 aromatic carbocycles. The molecular weight excluding hydrogens is 356 g/mol. The lowest BCUT2D eigenvalue weighted by Crippen LogP contribution is -2.61. The fourth-order valence-corrected chi connectivity index (χ4v) is 3.21. The normalized spacial score (nSPS) is 17.4. The molecule has 2 amide bonds. The average Bonchev–Trinajstić information content (AvgIpc) is 2.44. The van der Waals surface area contributed by atoms with Gasteiger partial charge in [0.05, 0.1) is 6.61 Å². The highest BCUT2D eigenvalue weighted by molar-refractivity contribution is 6.76. The Kier molecular flexibility index (Phi) is 7.09. The molecule has 9 heteroatoms. The molecule has 0 radical (unpaired) electrons. The van der Waals surface area contributed by atoms with E-state index >= 15 is 0 Å². The first kappa shape index (κ1) is 22.3. The number of aliphatic carboxylic acids is 1. The molecule has 1 heterocycles. The number of nitrogens with zero attached hydrogens (tertiary/aromatic N) is 1. The maximum Gasteiger partial charge on any atom is 0.409 e. The molecule has 1 aliphatic heterocycles. The molecule has 0 unspecified atom stereocenters. The number of piperidine rings is 1. The third-order valence-corrected chi connectivity index (χ3v) is 5.81. The molecular formula is C17H32N2O6Si. The zero-order chi connectivity index (χ0) is 20.2. The van der Waals surface area contributed by atoms with Gasteiger partial charge in [-0.25, -0.2) is 14.4 Å². The van der Waals surface area contributed by atoms with E-state index < -0.39 is 37.4 Å². The summed E-state index contributed by atoms with van der Waals surface area (Å²) in [5, 5.41) is 12.1. The summed E-state index contributed by atoms with van der Waals surface area (Å²) in [6.45, 7) is 12.5. The van der Waals surface area contributed by atoms with Crippen molar-refractivity contribution in [2.24, 2.45) is 0 Å². The van der Waals surface area contributed by atoms with E-state index in [2.05, 4.69) is 25.0 Å². The molecule has 1 aliphatic rings. The maximum absolute atomic E-state index is 12.1. The van der Waals surface area contributed by atoms with Crippen molar-refractivity contribution in [3.8, 4) is 0 Å². The summed E-state index contributed by atoms with van der Waals surface area (Å²) >= 11 is 0. The molecule has 2 N–H and O–H groups in total. The molecule has 0 spiro atoms. The van der Waals surface area contributed by atoms with Crippen molar-refractivity contribution in [3.05, 3.63) is 0 Å². The van der Waals surface area contributed by atoms with Gasteiger partial charge in [-0.15, -0.1) is 0 Å². The van der Waals surface area contributed by atoms with Crippen LogP contribution < -0.4 is 5.32 Å². The molecule has 0 atom stereocenters. The van der Waals surface area contributed by atoms with Gasteiger partial charge in [0.1, 0.15) is 11.1 Å². The number of carboxylic acid groups (broad SMARTS) is 1. The van der Waals surface area contributed by atoms with E-state index in [-0.39, 0.29) is 25.9 Å². The lowest BCUT2D eigenvalue weighted by molar-refractivity contribution is -0.147. The van der Waals surface area contributed by atoms with E-state index in [1.165, 1.54) is 4.90 Å². The second-order valence-electron chi connectivity index (χ2n) is 8.93. The van der Waals surface area contributed by atoms with E-state index in [4.69, 9.17) is 9.47 Å². The van der Waals surface area contributed by atoms with Crippen LogP contribution in [0.15, 0.2) is 0 Å². The highest BCUT2D eigenvalue weighted by Crippen LogP contribution is 2.24. The number of hydrogen-bond donors (Lipinski definition) is 2. The van der Waals surface area contributed by atoms with Crippen LogP contribution in [0.4, 0.5) is 9.59 Å². The highest BCUT2D eigenvalue weighted by atomic mass is 28.3. The van der Waals surface area contributed by atoms with Crippen molar-refractivity contribution in [1.82, 2.24) is 10.2 Å². The van der Waals surface area contributed by atoms with Crippen molar-refractivity contribution in [3.63, 3.8) is 0 Å². The van der Waals surface area contributed by atoms with Crippen LogP contribution >= 0.6 is 0 Å². The van der Waals surface area contributed by atoms with Crippen molar-refractivity contribution in [2.45, 2.75) is 70.4 Å². The van der Waals surface area contributed by atoms with Gasteiger partial charge in [0.15, 0.2) is 0 Å². The van der Waals surface area contributed by atoms with E-state index in [0.29, 0.717) is 6.61 Å². The van der Waals surface area contributed by atoms with Gasteiger partial charge in [0.2, 0.25) is 0 Å². The van der Waals surface area contributed by atoms with Gasteiger partial charge in [0, 0.05) is 21.2 Å². The topological polar surface area (TPSA) is 105 Å². The van der Waals surface area contributed by atoms with Gasteiger partial charge in [0.25, 0.3) is 0 Å². The van der Waals surface area contributed by atoms with Crippen LogP contribution in [0.5, 0.6) is 0 Å². The standard InChI is InChI=1S/C17H32N2O6Si/c1-16(2,3)25-14(22)18-17(13(20)21)7-9-19(10-8-17)15(23)24-11-12-26(4,5)6/h7-12H2,1-6H3,(H,18,22)(H,20,21). The monoisotopic (exact) mass is 388 g/mol. The van der Waals surface area contributed by atoms with E-state index in [9.17, 15) is 19.5 Å². The van der Waals surface area contributed by atoms with Crippen LogP contribution in [-0.4, -0.2) is 67.1 Å². The lowest BCUT2D eigenvalue weighted by Gasteiger charge is -2.39. The minimum atomic E-state index is -1.43. The van der Waals surface area contributed by atoms with Crippen LogP contribution in [0, 0.1) is 0 Å². The Morgan fingerprint density at radius 1 is 1.15 bits per heavy atom. The average molecular weight is 389 g/mol. The Balaban J connectivity index is 2.59. The van der Waals surface area contributed by atoms with Gasteiger partial charge >= 0.3 is 18.2 Å². The van der Waals surface area contributed by atoms with Gasteiger partial charge in [-0.1, -0.05) is 19.6 Å². The predicted molar refractivity (Wildman–Crippen MR) is 100 cm³/mol. The summed E-state index contributed by atoms with van der Waals surface area (Å²) in [6, 6.07) is 0.881. The largest absolute Gasteiger partial charge is 0.480 e. The van der Waals surface area contributed by atoms with Crippen molar-refractivity contribution < 1.29 is 29.0 Å². The van der Waals surface area contributed by atoms with Gasteiger partial charge in [-0.05, 0) is 39.7 Å². The van der Waals surface area contributed by atoms with E-state index in [1.54, 1.807) is 20.8 Å². The summed E-state index contributed by atoms with van der Waals surface area (Å²) < 4.78 is 10.5. The Hall–Kier alpha value is -1.77. The van der Waals surface area contributed by atoms with Crippen LogP contribution in [0.3, 0.4) is 0 Å². The number of ether oxygens (including phenoxy) is 2. The fourth-order valence-electron chi connectivity index (χ4n) is 2.50. The van der Waals surface area contributed by atoms with Crippen LogP contribution in [0.1, 0.15) is 33.6 Å². The number of amides is 2. The summed E-state index contributed by atoms with van der Waals surface area (Å²) in [4.78, 5) is 37.3. The molecule has 0 aromatic heterocycles. The third kappa shape index (κ3) is 7.23. The summed E-state index contributed by atoms with van der Waals surface area (Å²) in [6.07, 6.45) is -0.999. The lowest BCUT2D eigenvalue weighted by atomic mass is 9.88. The smallest absolute Gasteiger partial charge is 0.409 e. The highest BCUT2D eigenvalue weighted by Gasteiger charge is 2.45. The number of nitrogens with one attached hydrogen (secondary N) is 1. The van der Waals surface area contributed by atoms with Gasteiger partial charge in [-0.2, -0.15) is 0 Å². The Bertz CT molecular complexity index is 530. The molecule has 0 saturated carbocycles. The predicted octanol–water partition coefficient (Wildman–Crippen LogP) is 2.91. The zero-order valence-electron chi connectivity index (χ0n) is 16.7. The Morgan fingerprint density at radius 2 is 1.69 bits per heavy atom. The number of carbonyl (C=O) groups excluding carboxylic acids is 2. The zero-order valence-corrected chi connectivity index (χ0v) is 17.7. The summed E-state index contributed by atoms with van der Waals surface area (Å²) in [5.41, 5.74) is -2.15. The first-order valence-electron chi connectivity index (χ1n) is 8.90. The number of rotatable bonds is 5. The molecule has 8 nitrogen and oxygen atoms in total. The molecule has 0 bridgehead atoms. The molecule has 1 rings (SSSR count).